The van der Waals surface area contributed by atoms with Crippen LogP contribution in [0.25, 0.3) is 0 Å². The molecular weight excluding hydrogens is 597 g/mol. The molecule has 0 aliphatic heterocycles. The van der Waals surface area contributed by atoms with Gasteiger partial charge < -0.3 is 32.0 Å². The van der Waals surface area contributed by atoms with Gasteiger partial charge >= 0.3 is 5.69 Å². The van der Waals surface area contributed by atoms with E-state index in [2.05, 4.69) is 21.3 Å². The van der Waals surface area contributed by atoms with E-state index in [-0.39, 0.29) is 11.8 Å². The van der Waals surface area contributed by atoms with Gasteiger partial charge in [-0.2, -0.15) is 4.39 Å². The highest BCUT2D eigenvalue weighted by Crippen LogP contribution is 2.31. The minimum absolute atomic E-state index is 0.238. The highest BCUT2D eigenvalue weighted by molar-refractivity contribution is 5.95. The van der Waals surface area contributed by atoms with Crippen molar-refractivity contribution in [3.63, 3.8) is 0 Å². The summed E-state index contributed by atoms with van der Waals surface area (Å²) in [6, 6.07) is -3.16. The van der Waals surface area contributed by atoms with Gasteiger partial charge in [-0.25, -0.2) is 4.79 Å². The lowest BCUT2D eigenvalue weighted by molar-refractivity contribution is -0.134. The van der Waals surface area contributed by atoms with Crippen LogP contribution >= 0.6 is 0 Å². The van der Waals surface area contributed by atoms with Crippen LogP contribution in [0.5, 0.6) is 0 Å². The summed E-state index contributed by atoms with van der Waals surface area (Å²) in [6.45, 7) is 7.06. The van der Waals surface area contributed by atoms with Gasteiger partial charge in [0.15, 0.2) is 0 Å². The maximum absolute atomic E-state index is 14.0. The predicted octanol–water partition coefficient (Wildman–Crippen LogP) is 1.72. The van der Waals surface area contributed by atoms with Gasteiger partial charge in [-0.1, -0.05) is 78.1 Å². The Hall–Kier alpha value is -3.55. The standard InChI is InChI=1S/C32H52FN7O6/c1-18(2)24(37-26(41)21(34)17-35-29(44)25-23(33)28(43)39-31(46)38-25)30(45)36-22(15-19-11-7-5-8-12-19)27(42)40-32(3,4)16-20-13-9-6-10-14-20/h18-22,24H,5-17,34H2,1-4H3,(H,35,44)(H,36,45)(H,37,41)(H,40,42)(H2,38,39,43,46)/t21-,22-,24-/m0/s1. The van der Waals surface area contributed by atoms with Crippen molar-refractivity contribution in [3.05, 3.63) is 32.3 Å². The molecule has 3 atom stereocenters. The van der Waals surface area contributed by atoms with Gasteiger partial charge in [0.05, 0.1) is 0 Å². The third-order valence-electron chi connectivity index (χ3n) is 9.09. The number of hydrogen-bond acceptors (Lipinski definition) is 7. The first-order valence-electron chi connectivity index (χ1n) is 16.7. The Morgan fingerprint density at radius 1 is 0.870 bits per heavy atom. The molecule has 4 amide bonds. The van der Waals surface area contributed by atoms with Gasteiger partial charge in [-0.3, -0.25) is 29.0 Å². The smallest absolute Gasteiger partial charge is 0.326 e. The van der Waals surface area contributed by atoms with Crippen molar-refractivity contribution in [2.75, 3.05) is 6.54 Å². The Balaban J connectivity index is 1.65. The van der Waals surface area contributed by atoms with E-state index in [0.29, 0.717) is 18.3 Å². The molecule has 46 heavy (non-hydrogen) atoms. The minimum atomic E-state index is -1.49. The molecule has 2 aliphatic rings. The number of rotatable bonds is 14. The highest BCUT2D eigenvalue weighted by Gasteiger charge is 2.34. The number of H-pyrrole nitrogens is 2. The molecule has 2 saturated carbocycles. The van der Waals surface area contributed by atoms with Gasteiger partial charge in [-0.15, -0.1) is 0 Å². The summed E-state index contributed by atoms with van der Waals surface area (Å²) in [5.41, 5.74) is 2.16. The fourth-order valence-electron chi connectivity index (χ4n) is 6.64. The summed E-state index contributed by atoms with van der Waals surface area (Å²) in [6.07, 6.45) is 12.7. The summed E-state index contributed by atoms with van der Waals surface area (Å²) in [7, 11) is 0. The molecule has 0 bridgehead atoms. The lowest BCUT2D eigenvalue weighted by atomic mass is 9.80. The first-order valence-corrected chi connectivity index (χ1v) is 16.7. The number of nitrogens with one attached hydrogen (secondary N) is 6. The first kappa shape index (κ1) is 36.9. The Labute approximate surface area is 269 Å². The largest absolute Gasteiger partial charge is 0.349 e. The number of nitrogens with two attached hydrogens (primary N) is 1. The molecule has 258 valence electrons. The number of aromatic nitrogens is 2. The summed E-state index contributed by atoms with van der Waals surface area (Å²) >= 11 is 0. The Morgan fingerprint density at radius 3 is 2.04 bits per heavy atom. The zero-order valence-corrected chi connectivity index (χ0v) is 27.6. The van der Waals surface area contributed by atoms with E-state index in [1.165, 1.54) is 19.3 Å². The van der Waals surface area contributed by atoms with Crippen molar-refractivity contribution >= 4 is 23.6 Å². The molecule has 14 heteroatoms. The Morgan fingerprint density at radius 2 is 1.46 bits per heavy atom. The Bertz CT molecular complexity index is 1330. The fraction of sp³-hybridized carbons (Fsp3) is 0.750. The quantitative estimate of drug-likeness (QED) is 0.159. The fourth-order valence-corrected chi connectivity index (χ4v) is 6.64. The molecule has 2 aliphatic carbocycles. The van der Waals surface area contributed by atoms with Crippen molar-refractivity contribution in [2.24, 2.45) is 23.5 Å². The maximum atomic E-state index is 14.0. The van der Waals surface area contributed by atoms with Crippen LogP contribution in [0.4, 0.5) is 4.39 Å². The molecule has 8 N–H and O–H groups in total. The van der Waals surface area contributed by atoms with Crippen molar-refractivity contribution in [3.8, 4) is 0 Å². The molecule has 1 heterocycles. The zero-order valence-electron chi connectivity index (χ0n) is 27.6. The highest BCUT2D eigenvalue weighted by atomic mass is 19.1. The molecule has 0 spiro atoms. The number of halogens is 1. The van der Waals surface area contributed by atoms with Gasteiger partial charge in [0.2, 0.25) is 23.5 Å². The van der Waals surface area contributed by atoms with Crippen molar-refractivity contribution in [2.45, 2.75) is 128 Å². The molecule has 0 saturated heterocycles. The van der Waals surface area contributed by atoms with Crippen LogP contribution in [-0.4, -0.2) is 63.8 Å². The van der Waals surface area contributed by atoms with E-state index in [0.717, 1.165) is 51.4 Å². The molecule has 3 rings (SSSR count). The third-order valence-corrected chi connectivity index (χ3v) is 9.09. The van der Waals surface area contributed by atoms with Gasteiger partial charge in [0.25, 0.3) is 11.5 Å². The topological polar surface area (TPSA) is 208 Å². The van der Waals surface area contributed by atoms with Gasteiger partial charge in [0, 0.05) is 12.1 Å². The number of amides is 4. The lowest BCUT2D eigenvalue weighted by Crippen LogP contribution is -2.60. The van der Waals surface area contributed by atoms with Crippen molar-refractivity contribution in [1.29, 1.82) is 0 Å². The second-order valence-corrected chi connectivity index (χ2v) is 14.0. The number of hydrogen-bond donors (Lipinski definition) is 7. The van der Waals surface area contributed by atoms with Gasteiger partial charge in [0.1, 0.15) is 23.8 Å². The average Bonchev–Trinajstić information content (AvgIpc) is 3.00. The normalized spacial score (nSPS) is 18.3. The summed E-state index contributed by atoms with van der Waals surface area (Å²) in [5, 5.41) is 10.9. The monoisotopic (exact) mass is 649 g/mol. The third kappa shape index (κ3) is 11.1. The molecular formula is C32H52FN7O6. The van der Waals surface area contributed by atoms with E-state index in [1.807, 2.05) is 18.8 Å². The second kappa shape index (κ2) is 16.8. The van der Waals surface area contributed by atoms with Crippen molar-refractivity contribution < 1.29 is 23.6 Å². The van der Waals surface area contributed by atoms with Crippen LogP contribution < -0.4 is 38.2 Å². The molecule has 13 nitrogen and oxygen atoms in total. The molecule has 1 aromatic rings. The maximum Gasteiger partial charge on any atom is 0.326 e. The summed E-state index contributed by atoms with van der Waals surface area (Å²) < 4.78 is 14.0. The van der Waals surface area contributed by atoms with E-state index in [1.54, 1.807) is 18.8 Å². The molecule has 0 radical (unpaired) electrons. The van der Waals surface area contributed by atoms with Crippen LogP contribution in [0.1, 0.15) is 115 Å². The molecule has 0 aromatic carbocycles. The number of aromatic amines is 2. The molecule has 1 aromatic heterocycles. The Kier molecular flexibility index (Phi) is 13.5. The van der Waals surface area contributed by atoms with Crippen molar-refractivity contribution in [1.82, 2.24) is 31.2 Å². The summed E-state index contributed by atoms with van der Waals surface area (Å²) in [4.78, 5) is 79.1. The number of carbonyl (C=O) groups is 4. The number of carbonyl (C=O) groups excluding carboxylic acids is 4. The van der Waals surface area contributed by atoms with Crippen LogP contribution in [0.15, 0.2) is 9.59 Å². The first-order chi connectivity index (χ1) is 21.7. The van der Waals surface area contributed by atoms with Crippen LogP contribution in [-0.2, 0) is 14.4 Å². The molecule has 2 fully saturated rings. The predicted molar refractivity (Wildman–Crippen MR) is 171 cm³/mol. The SMILES string of the molecule is CC(C)[C@H](NC(=O)[C@@H](N)CNC(=O)c1[nH]c(=O)[nH]c(=O)c1F)C(=O)N[C@@H](CC1CCCCC1)C(=O)NC(C)(C)CC1CCCCC1. The van der Waals surface area contributed by atoms with E-state index in [4.69, 9.17) is 5.73 Å². The van der Waals surface area contributed by atoms with Gasteiger partial charge in [-0.05, 0) is 44.4 Å². The van der Waals surface area contributed by atoms with Crippen LogP contribution in [0.2, 0.25) is 0 Å². The van der Waals surface area contributed by atoms with E-state index < -0.39 is 70.7 Å². The van der Waals surface area contributed by atoms with E-state index >= 15 is 0 Å². The van der Waals surface area contributed by atoms with Crippen LogP contribution in [0.3, 0.4) is 0 Å². The minimum Gasteiger partial charge on any atom is -0.349 e. The lowest BCUT2D eigenvalue weighted by Gasteiger charge is -2.35. The summed E-state index contributed by atoms with van der Waals surface area (Å²) in [5.74, 6) is -3.68. The van der Waals surface area contributed by atoms with Crippen LogP contribution in [0, 0.1) is 23.6 Å². The average molecular weight is 650 g/mol. The second-order valence-electron chi connectivity index (χ2n) is 14.0. The molecule has 0 unspecified atom stereocenters. The zero-order chi connectivity index (χ0) is 34.0. The van der Waals surface area contributed by atoms with E-state index in [9.17, 15) is 33.2 Å².